The second-order valence-electron chi connectivity index (χ2n) is 9.16. The summed E-state index contributed by atoms with van der Waals surface area (Å²) in [7, 11) is 0. The van der Waals surface area contributed by atoms with Gasteiger partial charge >= 0.3 is 0 Å². The third-order valence-corrected chi connectivity index (χ3v) is 7.75. The molecule has 3 heterocycles. The van der Waals surface area contributed by atoms with E-state index in [2.05, 4.69) is 15.6 Å². The van der Waals surface area contributed by atoms with Gasteiger partial charge in [0.15, 0.2) is 5.17 Å². The average molecular weight is 544 g/mol. The highest BCUT2D eigenvalue weighted by molar-refractivity contribution is 8.15. The van der Waals surface area contributed by atoms with Crippen LogP contribution >= 0.6 is 11.8 Å². The maximum Gasteiger partial charge on any atom is 0.259 e. The van der Waals surface area contributed by atoms with Crippen LogP contribution in [0.4, 0.5) is 5.69 Å². The fourth-order valence-electron chi connectivity index (χ4n) is 4.40. The summed E-state index contributed by atoms with van der Waals surface area (Å²) < 4.78 is 5.30. The molecule has 2 aliphatic heterocycles. The Hall–Kier alpha value is -4.18. The van der Waals surface area contributed by atoms with Gasteiger partial charge in [-0.05, 0) is 42.7 Å². The molecule has 0 bridgehead atoms. The van der Waals surface area contributed by atoms with Gasteiger partial charge in [0.25, 0.3) is 5.91 Å². The number of hydrogen-bond donors (Lipinski definition) is 2. The first-order valence-electron chi connectivity index (χ1n) is 12.9. The van der Waals surface area contributed by atoms with E-state index in [1.54, 1.807) is 18.4 Å². The van der Waals surface area contributed by atoms with Gasteiger partial charge in [0.05, 0.1) is 30.2 Å². The molecule has 200 valence electrons. The van der Waals surface area contributed by atoms with Gasteiger partial charge < -0.3 is 15.1 Å². The van der Waals surface area contributed by atoms with Crippen molar-refractivity contribution in [3.63, 3.8) is 0 Å². The van der Waals surface area contributed by atoms with E-state index in [9.17, 15) is 14.4 Å². The van der Waals surface area contributed by atoms with Gasteiger partial charge in [-0.1, -0.05) is 61.2 Å². The number of fused-ring (bicyclic) bond motifs is 3. The van der Waals surface area contributed by atoms with Gasteiger partial charge in [-0.3, -0.25) is 19.4 Å². The smallest absolute Gasteiger partial charge is 0.259 e. The fraction of sp³-hybridized carbons (Fsp3) is 0.276. The summed E-state index contributed by atoms with van der Waals surface area (Å²) in [6, 6.07) is 20.0. The summed E-state index contributed by atoms with van der Waals surface area (Å²) in [5.41, 5.74) is 2.51. The van der Waals surface area contributed by atoms with Crippen molar-refractivity contribution in [3.05, 3.63) is 89.9 Å². The van der Waals surface area contributed by atoms with E-state index >= 15 is 0 Å². The quantitative estimate of drug-likeness (QED) is 0.403. The minimum Gasteiger partial charge on any atom is -0.467 e. The number of nitrogens with one attached hydrogen (secondary N) is 2. The molecule has 10 heteroatoms. The summed E-state index contributed by atoms with van der Waals surface area (Å²) in [4.78, 5) is 50.0. The largest absolute Gasteiger partial charge is 0.467 e. The SMILES string of the molecule is CC[C@H](SC1=Nc2ccccc2C2=N[C@H](CC(=O)NCCc3ccccc3)C(=O)N12)C(=O)NCc1ccco1. The number of furan rings is 1. The molecule has 0 aliphatic carbocycles. The second-order valence-corrected chi connectivity index (χ2v) is 10.3. The van der Waals surface area contributed by atoms with Crippen LogP contribution < -0.4 is 10.6 Å². The lowest BCUT2D eigenvalue weighted by atomic mass is 10.1. The van der Waals surface area contributed by atoms with Crippen molar-refractivity contribution in [3.8, 4) is 0 Å². The number of carbonyl (C=O) groups excluding carboxylic acids is 3. The van der Waals surface area contributed by atoms with Crippen molar-refractivity contribution in [2.75, 3.05) is 6.54 Å². The Morgan fingerprint density at radius 3 is 2.62 bits per heavy atom. The predicted molar refractivity (Wildman–Crippen MR) is 151 cm³/mol. The van der Waals surface area contributed by atoms with E-state index in [0.717, 1.165) is 11.1 Å². The topological polar surface area (TPSA) is 116 Å². The summed E-state index contributed by atoms with van der Waals surface area (Å²) in [6.45, 7) is 2.65. The van der Waals surface area contributed by atoms with E-state index in [1.807, 2.05) is 61.5 Å². The van der Waals surface area contributed by atoms with Crippen molar-refractivity contribution in [1.29, 1.82) is 0 Å². The fourth-order valence-corrected chi connectivity index (χ4v) is 5.45. The highest BCUT2D eigenvalue weighted by Crippen LogP contribution is 2.35. The lowest BCUT2D eigenvalue weighted by Gasteiger charge is -2.27. The maximum atomic E-state index is 13.5. The number of benzene rings is 2. The molecule has 9 nitrogen and oxygen atoms in total. The first kappa shape index (κ1) is 26.4. The van der Waals surface area contributed by atoms with Gasteiger partial charge in [0, 0.05) is 12.1 Å². The van der Waals surface area contributed by atoms with Gasteiger partial charge in [0.2, 0.25) is 11.8 Å². The lowest BCUT2D eigenvalue weighted by molar-refractivity contribution is -0.128. The van der Waals surface area contributed by atoms with Crippen LogP contribution in [0.25, 0.3) is 0 Å². The van der Waals surface area contributed by atoms with Crippen molar-refractivity contribution in [2.45, 2.75) is 44.0 Å². The highest BCUT2D eigenvalue weighted by Gasteiger charge is 2.43. The minimum absolute atomic E-state index is 0.0609. The van der Waals surface area contributed by atoms with Gasteiger partial charge in [-0.25, -0.2) is 9.89 Å². The van der Waals surface area contributed by atoms with Gasteiger partial charge in [-0.2, -0.15) is 0 Å². The predicted octanol–water partition coefficient (Wildman–Crippen LogP) is 3.82. The number of para-hydroxylation sites is 1. The number of amides is 3. The number of thioether (sulfide) groups is 1. The molecule has 39 heavy (non-hydrogen) atoms. The van der Waals surface area contributed by atoms with Crippen LogP contribution in [0, 0.1) is 0 Å². The summed E-state index contributed by atoms with van der Waals surface area (Å²) in [6.07, 6.45) is 2.72. The van der Waals surface area contributed by atoms with Crippen LogP contribution in [-0.4, -0.2) is 51.5 Å². The Morgan fingerprint density at radius 1 is 1.05 bits per heavy atom. The third-order valence-electron chi connectivity index (χ3n) is 6.43. The van der Waals surface area contributed by atoms with Crippen molar-refractivity contribution >= 4 is 46.2 Å². The zero-order valence-corrected chi connectivity index (χ0v) is 22.3. The van der Waals surface area contributed by atoms with Gasteiger partial charge in [0.1, 0.15) is 17.6 Å². The normalized spacial score (nSPS) is 16.6. The Kier molecular flexibility index (Phi) is 8.21. The number of aliphatic imine (C=N–C) groups is 2. The maximum absolute atomic E-state index is 13.5. The molecule has 2 aromatic carbocycles. The standard InChI is InChI=1S/C29H29N5O4S/c1-2-24(27(36)31-18-20-11-8-16-38-20)39-29-33-22-13-7-6-12-21(22)26-32-23(28(37)34(26)29)17-25(35)30-15-14-19-9-4-3-5-10-19/h3-13,16,23-24H,2,14-15,17-18H2,1H3,(H,30,35)(H,31,36)/t23-,24+/m1/s1. The molecule has 2 atom stereocenters. The Labute approximate surface area is 230 Å². The molecule has 2 N–H and O–H groups in total. The molecule has 0 unspecified atom stereocenters. The summed E-state index contributed by atoms with van der Waals surface area (Å²) in [5.74, 6) is 0.369. The van der Waals surface area contributed by atoms with Crippen LogP contribution in [0.2, 0.25) is 0 Å². The molecule has 0 spiro atoms. The van der Waals surface area contributed by atoms with Crippen LogP contribution in [0.15, 0.2) is 87.4 Å². The number of rotatable bonds is 10. The molecule has 0 fully saturated rings. The van der Waals surface area contributed by atoms with E-state index in [1.165, 1.54) is 16.7 Å². The van der Waals surface area contributed by atoms with E-state index in [4.69, 9.17) is 9.41 Å². The van der Waals surface area contributed by atoms with Crippen LogP contribution in [0.3, 0.4) is 0 Å². The zero-order chi connectivity index (χ0) is 27.2. The molecule has 3 aromatic rings. The molecule has 2 aliphatic rings. The van der Waals surface area contributed by atoms with Crippen LogP contribution in [0.1, 0.15) is 36.7 Å². The Bertz CT molecular complexity index is 1400. The molecular weight excluding hydrogens is 514 g/mol. The first-order chi connectivity index (χ1) is 19.0. The summed E-state index contributed by atoms with van der Waals surface area (Å²) >= 11 is 1.22. The molecule has 0 radical (unpaired) electrons. The average Bonchev–Trinajstić information content (AvgIpc) is 3.59. The molecule has 0 saturated heterocycles. The zero-order valence-electron chi connectivity index (χ0n) is 21.5. The summed E-state index contributed by atoms with van der Waals surface area (Å²) in [5, 5.41) is 5.68. The monoisotopic (exact) mass is 543 g/mol. The molecule has 5 rings (SSSR count). The minimum atomic E-state index is -0.860. The van der Waals surface area contributed by atoms with Gasteiger partial charge in [-0.15, -0.1) is 0 Å². The van der Waals surface area contributed by atoms with Crippen molar-refractivity contribution in [2.24, 2.45) is 9.98 Å². The van der Waals surface area contributed by atoms with E-state index < -0.39 is 11.3 Å². The number of carbonyl (C=O) groups is 3. The molecule has 0 saturated carbocycles. The molecule has 1 aromatic heterocycles. The number of nitrogens with zero attached hydrogens (tertiary/aromatic N) is 3. The third kappa shape index (κ3) is 6.12. The molecular formula is C29H29N5O4S. The van der Waals surface area contributed by atoms with Crippen LogP contribution in [-0.2, 0) is 27.3 Å². The van der Waals surface area contributed by atoms with Crippen LogP contribution in [0.5, 0.6) is 0 Å². The van der Waals surface area contributed by atoms with E-state index in [-0.39, 0.29) is 30.7 Å². The van der Waals surface area contributed by atoms with Crippen molar-refractivity contribution in [1.82, 2.24) is 15.5 Å². The number of hydrogen-bond acceptors (Lipinski definition) is 7. The lowest BCUT2D eigenvalue weighted by Crippen LogP contribution is -2.43. The Balaban J connectivity index is 1.28. The number of amidine groups is 2. The Morgan fingerprint density at radius 2 is 1.85 bits per heavy atom. The first-order valence-corrected chi connectivity index (χ1v) is 13.8. The second kappa shape index (κ2) is 12.1. The van der Waals surface area contributed by atoms with E-state index in [0.29, 0.717) is 41.8 Å². The highest BCUT2D eigenvalue weighted by atomic mass is 32.2. The molecule has 3 amide bonds. The van der Waals surface area contributed by atoms with Crippen molar-refractivity contribution < 1.29 is 18.8 Å².